The van der Waals surface area contributed by atoms with E-state index in [1.807, 2.05) is 24.0 Å². The molecular weight excluding hydrogens is 388 g/mol. The van der Waals surface area contributed by atoms with E-state index in [1.165, 1.54) is 12.8 Å². The van der Waals surface area contributed by atoms with E-state index in [0.717, 1.165) is 74.8 Å². The maximum absolute atomic E-state index is 12.9. The molecule has 0 aromatic carbocycles. The molecule has 7 nitrogen and oxygen atoms in total. The summed E-state index contributed by atoms with van der Waals surface area (Å²) in [6.45, 7) is 3.67. The van der Waals surface area contributed by atoms with E-state index in [2.05, 4.69) is 33.1 Å². The first kappa shape index (κ1) is 20.2. The zero-order chi connectivity index (χ0) is 21.2. The van der Waals surface area contributed by atoms with Crippen molar-refractivity contribution in [3.8, 4) is 11.3 Å². The second kappa shape index (κ2) is 8.81. The van der Waals surface area contributed by atoms with Crippen molar-refractivity contribution in [3.63, 3.8) is 0 Å². The van der Waals surface area contributed by atoms with Crippen LogP contribution in [-0.4, -0.2) is 56.7 Å². The zero-order valence-corrected chi connectivity index (χ0v) is 18.4. The van der Waals surface area contributed by atoms with Gasteiger partial charge in [-0.25, -0.2) is 9.97 Å². The minimum absolute atomic E-state index is 0.248. The molecule has 7 heteroatoms. The molecule has 164 valence electrons. The fourth-order valence-electron chi connectivity index (χ4n) is 5.22. The lowest BCUT2D eigenvalue weighted by Gasteiger charge is -2.33. The number of carbonyl (C=O) groups is 1. The van der Waals surface area contributed by atoms with Crippen molar-refractivity contribution in [1.29, 1.82) is 0 Å². The predicted octanol–water partition coefficient (Wildman–Crippen LogP) is 3.54. The molecule has 0 unspecified atom stereocenters. The van der Waals surface area contributed by atoms with E-state index in [0.29, 0.717) is 12.3 Å². The Morgan fingerprint density at radius 3 is 2.84 bits per heavy atom. The van der Waals surface area contributed by atoms with Crippen LogP contribution in [0.15, 0.2) is 30.6 Å². The summed E-state index contributed by atoms with van der Waals surface area (Å²) in [6.07, 6.45) is 15.7. The molecule has 2 saturated heterocycles. The highest BCUT2D eigenvalue weighted by Gasteiger charge is 2.30. The third-order valence-electron chi connectivity index (χ3n) is 6.88. The molecular formula is C24H32N6O. The number of hydrogen-bond donors (Lipinski definition) is 0. The monoisotopic (exact) mass is 420 g/mol. The molecule has 1 amide bonds. The Morgan fingerprint density at radius 2 is 2.03 bits per heavy atom. The number of aryl methyl sites for hydroxylation is 1. The molecule has 2 aromatic heterocycles. The van der Waals surface area contributed by atoms with Gasteiger partial charge in [-0.15, -0.1) is 0 Å². The molecule has 0 N–H and O–H groups in total. The van der Waals surface area contributed by atoms with Crippen LogP contribution in [0, 0.1) is 5.92 Å². The van der Waals surface area contributed by atoms with Crippen LogP contribution in [0.3, 0.4) is 0 Å². The Bertz CT molecular complexity index is 961. The molecule has 3 aliphatic rings. The van der Waals surface area contributed by atoms with Gasteiger partial charge in [0.05, 0.1) is 11.4 Å². The number of aromatic nitrogens is 4. The summed E-state index contributed by atoms with van der Waals surface area (Å²) < 4.78 is 1.88. The molecule has 5 rings (SSSR count). The Balaban J connectivity index is 1.35. The topological polar surface area (TPSA) is 67.2 Å². The van der Waals surface area contributed by atoms with Gasteiger partial charge >= 0.3 is 0 Å². The number of rotatable bonds is 5. The molecule has 1 aliphatic carbocycles. The van der Waals surface area contributed by atoms with Crippen LogP contribution in [0.25, 0.3) is 11.3 Å². The zero-order valence-electron chi connectivity index (χ0n) is 18.4. The van der Waals surface area contributed by atoms with Crippen LogP contribution in [0.1, 0.15) is 56.6 Å². The largest absolute Gasteiger partial charge is 0.342 e. The van der Waals surface area contributed by atoms with Crippen LogP contribution in [0.4, 0.5) is 5.95 Å². The molecule has 4 heterocycles. The Labute approximate surface area is 184 Å². The van der Waals surface area contributed by atoms with E-state index in [1.54, 1.807) is 0 Å². The Hall–Kier alpha value is -2.70. The summed E-state index contributed by atoms with van der Waals surface area (Å²) in [7, 11) is 1.97. The lowest BCUT2D eigenvalue weighted by molar-refractivity contribution is -0.133. The summed E-state index contributed by atoms with van der Waals surface area (Å²) in [5, 5.41) is 4.83. The minimum atomic E-state index is 0.248. The van der Waals surface area contributed by atoms with Gasteiger partial charge in [0, 0.05) is 63.5 Å². The number of hydrogen-bond acceptors (Lipinski definition) is 5. The second-order valence-corrected chi connectivity index (χ2v) is 9.19. The molecule has 2 aliphatic heterocycles. The van der Waals surface area contributed by atoms with Crippen LogP contribution < -0.4 is 4.90 Å². The maximum atomic E-state index is 12.9. The van der Waals surface area contributed by atoms with E-state index in [9.17, 15) is 4.79 Å². The van der Waals surface area contributed by atoms with Gasteiger partial charge in [-0.05, 0) is 50.5 Å². The maximum Gasteiger partial charge on any atom is 0.225 e. The molecule has 2 atom stereocenters. The molecule has 0 saturated carbocycles. The van der Waals surface area contributed by atoms with Crippen LogP contribution in [-0.2, 0) is 11.8 Å². The van der Waals surface area contributed by atoms with Gasteiger partial charge in [-0.3, -0.25) is 9.48 Å². The summed E-state index contributed by atoms with van der Waals surface area (Å²) in [4.78, 5) is 26.6. The van der Waals surface area contributed by atoms with Crippen molar-refractivity contribution in [2.45, 2.75) is 50.9 Å². The average molecular weight is 421 g/mol. The van der Waals surface area contributed by atoms with Gasteiger partial charge in [-0.2, -0.15) is 5.10 Å². The molecule has 2 fully saturated rings. The van der Waals surface area contributed by atoms with Gasteiger partial charge in [0.25, 0.3) is 0 Å². The van der Waals surface area contributed by atoms with Crippen LogP contribution in [0.2, 0.25) is 0 Å². The second-order valence-electron chi connectivity index (χ2n) is 9.19. The lowest BCUT2D eigenvalue weighted by Crippen LogP contribution is -2.39. The van der Waals surface area contributed by atoms with Crippen LogP contribution in [0.5, 0.6) is 0 Å². The van der Waals surface area contributed by atoms with Crippen molar-refractivity contribution >= 4 is 11.9 Å². The third kappa shape index (κ3) is 4.36. The summed E-state index contributed by atoms with van der Waals surface area (Å²) in [6, 6.07) is 1.98. The quantitative estimate of drug-likeness (QED) is 0.692. The minimum Gasteiger partial charge on any atom is -0.342 e. The summed E-state index contributed by atoms with van der Waals surface area (Å²) in [5.74, 6) is 1.77. The fraction of sp³-hybridized carbons (Fsp3) is 0.583. The first-order valence-electron chi connectivity index (χ1n) is 11.7. The highest BCUT2D eigenvalue weighted by molar-refractivity contribution is 5.77. The highest BCUT2D eigenvalue weighted by Crippen LogP contribution is 2.34. The van der Waals surface area contributed by atoms with E-state index in [4.69, 9.17) is 10.1 Å². The van der Waals surface area contributed by atoms with E-state index < -0.39 is 0 Å². The Morgan fingerprint density at radius 1 is 1.16 bits per heavy atom. The molecule has 0 spiro atoms. The number of amides is 1. The normalized spacial score (nSPS) is 23.6. The molecule has 0 bridgehead atoms. The predicted molar refractivity (Wildman–Crippen MR) is 121 cm³/mol. The van der Waals surface area contributed by atoms with Crippen molar-refractivity contribution in [2.24, 2.45) is 13.0 Å². The molecule has 2 aromatic rings. The SMILES string of the molecule is Cn1cc(-c2ccnc(N3CCCC3)n2)c([C@@H]2CCCN(C(=O)C[C@@H]3C=CCC3)C2)n1. The van der Waals surface area contributed by atoms with E-state index in [-0.39, 0.29) is 11.8 Å². The number of likely N-dealkylation sites (tertiary alicyclic amines) is 1. The lowest BCUT2D eigenvalue weighted by atomic mass is 9.91. The van der Waals surface area contributed by atoms with Crippen molar-refractivity contribution in [2.75, 3.05) is 31.1 Å². The summed E-state index contributed by atoms with van der Waals surface area (Å²) in [5.41, 5.74) is 3.06. The number of anilines is 1. The summed E-state index contributed by atoms with van der Waals surface area (Å²) >= 11 is 0. The first-order chi connectivity index (χ1) is 15.2. The van der Waals surface area contributed by atoms with Gasteiger partial charge in [0.2, 0.25) is 11.9 Å². The standard InChI is InChI=1S/C24H32N6O/c1-28-17-20(21-10-11-25-24(26-21)29-12-4-5-13-29)23(27-28)19-9-6-14-30(16-19)22(31)15-18-7-2-3-8-18/h2,7,10-11,17-19H,3-6,8-9,12-16H2,1H3/t18-,19-/m1/s1. The van der Waals surface area contributed by atoms with Crippen molar-refractivity contribution in [1.82, 2.24) is 24.6 Å². The van der Waals surface area contributed by atoms with Gasteiger partial charge < -0.3 is 9.80 Å². The number of nitrogens with zero attached hydrogens (tertiary/aromatic N) is 6. The van der Waals surface area contributed by atoms with Crippen molar-refractivity contribution in [3.05, 3.63) is 36.3 Å². The smallest absolute Gasteiger partial charge is 0.225 e. The Kier molecular flexibility index (Phi) is 5.74. The van der Waals surface area contributed by atoms with Gasteiger partial charge in [0.1, 0.15) is 0 Å². The molecule has 0 radical (unpaired) electrons. The number of carbonyl (C=O) groups excluding carboxylic acids is 1. The highest BCUT2D eigenvalue weighted by atomic mass is 16.2. The third-order valence-corrected chi connectivity index (χ3v) is 6.88. The van der Waals surface area contributed by atoms with E-state index >= 15 is 0 Å². The van der Waals surface area contributed by atoms with Gasteiger partial charge in [0.15, 0.2) is 0 Å². The van der Waals surface area contributed by atoms with Gasteiger partial charge in [-0.1, -0.05) is 12.2 Å². The van der Waals surface area contributed by atoms with Crippen molar-refractivity contribution < 1.29 is 4.79 Å². The average Bonchev–Trinajstić information content (AvgIpc) is 3.56. The van der Waals surface area contributed by atoms with Crippen LogP contribution >= 0.6 is 0 Å². The fourth-order valence-corrected chi connectivity index (χ4v) is 5.22. The molecule has 31 heavy (non-hydrogen) atoms. The first-order valence-corrected chi connectivity index (χ1v) is 11.7. The number of allylic oxidation sites excluding steroid dienone is 2. The number of piperidine rings is 1.